The summed E-state index contributed by atoms with van der Waals surface area (Å²) < 4.78 is 13.2. The van der Waals surface area contributed by atoms with Crippen LogP contribution in [0.1, 0.15) is 15.9 Å². The van der Waals surface area contributed by atoms with Crippen molar-refractivity contribution in [2.24, 2.45) is 0 Å². The molecule has 1 saturated heterocycles. The van der Waals surface area contributed by atoms with Crippen LogP contribution in [0.5, 0.6) is 0 Å². The molecule has 7 heteroatoms. The lowest BCUT2D eigenvalue weighted by Gasteiger charge is -2.35. The first-order valence-electron chi connectivity index (χ1n) is 8.65. The highest BCUT2D eigenvalue weighted by Gasteiger charge is 2.26. The van der Waals surface area contributed by atoms with Gasteiger partial charge in [-0.1, -0.05) is 29.3 Å². The van der Waals surface area contributed by atoms with Gasteiger partial charge in [0, 0.05) is 31.1 Å². The van der Waals surface area contributed by atoms with E-state index < -0.39 is 5.82 Å². The fourth-order valence-corrected chi connectivity index (χ4v) is 3.91. The zero-order chi connectivity index (χ0) is 19.4. The van der Waals surface area contributed by atoms with Crippen LogP contribution in [-0.2, 0) is 4.79 Å². The summed E-state index contributed by atoms with van der Waals surface area (Å²) in [7, 11) is 0. The van der Waals surface area contributed by atoms with Gasteiger partial charge in [0.05, 0.1) is 16.3 Å². The number of piperazine rings is 1. The van der Waals surface area contributed by atoms with Gasteiger partial charge in [0.25, 0.3) is 5.91 Å². The molecule has 0 bridgehead atoms. The number of hydrogen-bond acceptors (Lipinski definition) is 3. The van der Waals surface area contributed by atoms with E-state index in [9.17, 15) is 14.0 Å². The molecule has 0 atom stereocenters. The van der Waals surface area contributed by atoms with Crippen LogP contribution in [0.15, 0.2) is 47.4 Å². The topological polar surface area (TPSA) is 40.6 Å². The van der Waals surface area contributed by atoms with Gasteiger partial charge in [-0.3, -0.25) is 9.59 Å². The standard InChI is InChI=1S/C20H20ClFN2O2S/c1-14-2-5-16(6-3-14)27-13-19(25)23-8-10-24(11-9-23)20(26)17-7-4-15(22)12-18(17)21/h2-7,12H,8-11,13H2,1H3. The quantitative estimate of drug-likeness (QED) is 0.724. The van der Waals surface area contributed by atoms with Crippen molar-refractivity contribution < 1.29 is 14.0 Å². The largest absolute Gasteiger partial charge is 0.338 e. The zero-order valence-electron chi connectivity index (χ0n) is 15.0. The summed E-state index contributed by atoms with van der Waals surface area (Å²) in [6.45, 7) is 3.87. The lowest BCUT2D eigenvalue weighted by molar-refractivity contribution is -0.129. The molecule has 2 aromatic rings. The summed E-state index contributed by atoms with van der Waals surface area (Å²) in [6.07, 6.45) is 0. The SMILES string of the molecule is Cc1ccc(SCC(=O)N2CCN(C(=O)c3ccc(F)cc3Cl)CC2)cc1. The average molecular weight is 407 g/mol. The molecular weight excluding hydrogens is 387 g/mol. The molecule has 1 aliphatic rings. The van der Waals surface area contributed by atoms with E-state index in [0.29, 0.717) is 31.9 Å². The Bertz CT molecular complexity index is 836. The average Bonchev–Trinajstić information content (AvgIpc) is 2.67. The molecule has 0 radical (unpaired) electrons. The van der Waals surface area contributed by atoms with E-state index in [0.717, 1.165) is 11.0 Å². The molecule has 0 aromatic heterocycles. The molecule has 3 rings (SSSR count). The van der Waals surface area contributed by atoms with Crippen molar-refractivity contribution in [1.29, 1.82) is 0 Å². The number of carbonyl (C=O) groups is 2. The van der Waals surface area contributed by atoms with E-state index in [2.05, 4.69) is 0 Å². The monoisotopic (exact) mass is 406 g/mol. The van der Waals surface area contributed by atoms with Gasteiger partial charge in [-0.15, -0.1) is 11.8 Å². The number of carbonyl (C=O) groups excluding carboxylic acids is 2. The van der Waals surface area contributed by atoms with Crippen molar-refractivity contribution >= 4 is 35.2 Å². The third-order valence-corrected chi connectivity index (χ3v) is 5.77. The number of aryl methyl sites for hydroxylation is 1. The maximum absolute atomic E-state index is 13.2. The molecule has 0 saturated carbocycles. The molecule has 1 aliphatic heterocycles. The predicted molar refractivity (Wildman–Crippen MR) is 106 cm³/mol. The minimum absolute atomic E-state index is 0.0625. The van der Waals surface area contributed by atoms with Crippen LogP contribution < -0.4 is 0 Å². The number of halogens is 2. The molecule has 142 valence electrons. The van der Waals surface area contributed by atoms with E-state index in [1.165, 1.54) is 29.5 Å². The first kappa shape index (κ1) is 19.7. The summed E-state index contributed by atoms with van der Waals surface area (Å²) in [5.41, 5.74) is 1.47. The smallest absolute Gasteiger partial charge is 0.255 e. The van der Waals surface area contributed by atoms with Crippen LogP contribution in [0.25, 0.3) is 0 Å². The first-order chi connectivity index (χ1) is 12.9. The van der Waals surface area contributed by atoms with Gasteiger partial charge in [0.1, 0.15) is 5.82 Å². The Balaban J connectivity index is 1.51. The second kappa shape index (κ2) is 8.76. The number of benzene rings is 2. The second-order valence-electron chi connectivity index (χ2n) is 6.40. The van der Waals surface area contributed by atoms with E-state index in [1.807, 2.05) is 31.2 Å². The normalized spacial score (nSPS) is 14.3. The van der Waals surface area contributed by atoms with Gasteiger partial charge in [-0.2, -0.15) is 0 Å². The van der Waals surface area contributed by atoms with Crippen molar-refractivity contribution in [3.8, 4) is 0 Å². The molecule has 2 aromatic carbocycles. The number of amides is 2. The molecule has 27 heavy (non-hydrogen) atoms. The summed E-state index contributed by atoms with van der Waals surface area (Å²) in [5.74, 6) is -0.271. The van der Waals surface area contributed by atoms with Gasteiger partial charge >= 0.3 is 0 Å². The number of hydrogen-bond donors (Lipinski definition) is 0. The van der Waals surface area contributed by atoms with Crippen molar-refractivity contribution in [3.63, 3.8) is 0 Å². The third kappa shape index (κ3) is 5.02. The Morgan fingerprint density at radius 2 is 1.67 bits per heavy atom. The van der Waals surface area contributed by atoms with Crippen molar-refractivity contribution in [2.75, 3.05) is 31.9 Å². The molecule has 0 unspecified atom stereocenters. The maximum atomic E-state index is 13.2. The summed E-state index contributed by atoms with van der Waals surface area (Å²) in [4.78, 5) is 29.5. The molecule has 0 spiro atoms. The van der Waals surface area contributed by atoms with Gasteiger partial charge in [0.2, 0.25) is 5.91 Å². The molecule has 4 nitrogen and oxygen atoms in total. The number of thioether (sulfide) groups is 1. The minimum Gasteiger partial charge on any atom is -0.338 e. The summed E-state index contributed by atoms with van der Waals surface area (Å²) in [5, 5.41) is 0.105. The first-order valence-corrected chi connectivity index (χ1v) is 10.0. The lowest BCUT2D eigenvalue weighted by Crippen LogP contribution is -2.51. The Hall–Kier alpha value is -2.05. The highest BCUT2D eigenvalue weighted by Crippen LogP contribution is 2.21. The molecule has 0 aliphatic carbocycles. The predicted octanol–water partition coefficient (Wildman–Crippen LogP) is 3.86. The highest BCUT2D eigenvalue weighted by molar-refractivity contribution is 8.00. The number of rotatable bonds is 4. The van der Waals surface area contributed by atoms with Crippen LogP contribution >= 0.6 is 23.4 Å². The Morgan fingerprint density at radius 1 is 1.04 bits per heavy atom. The Morgan fingerprint density at radius 3 is 2.30 bits per heavy atom. The highest BCUT2D eigenvalue weighted by atomic mass is 35.5. The maximum Gasteiger partial charge on any atom is 0.255 e. The van der Waals surface area contributed by atoms with E-state index in [1.54, 1.807) is 9.80 Å². The van der Waals surface area contributed by atoms with Crippen LogP contribution in [0, 0.1) is 12.7 Å². The third-order valence-electron chi connectivity index (χ3n) is 4.46. The second-order valence-corrected chi connectivity index (χ2v) is 7.85. The van der Waals surface area contributed by atoms with Gasteiger partial charge in [0.15, 0.2) is 0 Å². The number of nitrogens with zero attached hydrogens (tertiary/aromatic N) is 2. The van der Waals surface area contributed by atoms with E-state index >= 15 is 0 Å². The van der Waals surface area contributed by atoms with Crippen molar-refractivity contribution in [2.45, 2.75) is 11.8 Å². The molecule has 1 fully saturated rings. The van der Waals surface area contributed by atoms with E-state index in [4.69, 9.17) is 11.6 Å². The van der Waals surface area contributed by atoms with Gasteiger partial charge in [-0.05, 0) is 37.3 Å². The summed E-state index contributed by atoms with van der Waals surface area (Å²) in [6, 6.07) is 11.8. The van der Waals surface area contributed by atoms with E-state index in [-0.39, 0.29) is 22.4 Å². The van der Waals surface area contributed by atoms with Crippen molar-refractivity contribution in [1.82, 2.24) is 9.80 Å². The molecule has 2 amide bonds. The molecule has 1 heterocycles. The fraction of sp³-hybridized carbons (Fsp3) is 0.300. The van der Waals surface area contributed by atoms with Crippen LogP contribution in [0.2, 0.25) is 5.02 Å². The zero-order valence-corrected chi connectivity index (χ0v) is 16.5. The van der Waals surface area contributed by atoms with Crippen LogP contribution in [-0.4, -0.2) is 53.5 Å². The van der Waals surface area contributed by atoms with Gasteiger partial charge in [-0.25, -0.2) is 4.39 Å². The Kier molecular flexibility index (Phi) is 6.39. The fourth-order valence-electron chi connectivity index (χ4n) is 2.86. The summed E-state index contributed by atoms with van der Waals surface area (Å²) >= 11 is 7.49. The molecular formula is C20H20ClFN2O2S. The van der Waals surface area contributed by atoms with Gasteiger partial charge < -0.3 is 9.80 Å². The van der Waals surface area contributed by atoms with Crippen LogP contribution in [0.4, 0.5) is 4.39 Å². The Labute approximate surface area is 167 Å². The van der Waals surface area contributed by atoms with Crippen molar-refractivity contribution in [3.05, 3.63) is 64.4 Å². The minimum atomic E-state index is -0.474. The molecule has 0 N–H and O–H groups in total. The lowest BCUT2D eigenvalue weighted by atomic mass is 10.1. The van der Waals surface area contributed by atoms with Crippen LogP contribution in [0.3, 0.4) is 0 Å².